The first-order chi connectivity index (χ1) is 10.1. The minimum absolute atomic E-state index is 0.230. The van der Waals surface area contributed by atoms with Crippen molar-refractivity contribution in [3.05, 3.63) is 59.1 Å². The maximum absolute atomic E-state index is 13.7. The van der Waals surface area contributed by atoms with Crippen LogP contribution in [0.4, 0.5) is 8.78 Å². The van der Waals surface area contributed by atoms with Crippen molar-refractivity contribution in [3.63, 3.8) is 0 Å². The lowest BCUT2D eigenvalue weighted by molar-refractivity contribution is 0.0898. The third-order valence-electron chi connectivity index (χ3n) is 2.77. The lowest BCUT2D eigenvalue weighted by Gasteiger charge is -2.14. The Hall–Kier alpha value is -2.72. The van der Waals surface area contributed by atoms with Crippen LogP contribution < -0.4 is 5.32 Å². The monoisotopic (exact) mass is 292 g/mol. The van der Waals surface area contributed by atoms with E-state index in [4.69, 9.17) is 9.68 Å². The number of nitrogens with zero attached hydrogens (tertiary/aromatic N) is 1. The fourth-order valence-corrected chi connectivity index (χ4v) is 1.78. The van der Waals surface area contributed by atoms with E-state index < -0.39 is 35.8 Å². The van der Waals surface area contributed by atoms with E-state index in [0.29, 0.717) is 0 Å². The molecule has 1 heterocycles. The molecule has 0 fully saturated rings. The lowest BCUT2D eigenvalue weighted by atomic mass is 10.1. The molecule has 0 aliphatic carbocycles. The van der Waals surface area contributed by atoms with E-state index in [1.165, 1.54) is 12.3 Å². The fourth-order valence-electron chi connectivity index (χ4n) is 1.78. The molecule has 5 nitrogen and oxygen atoms in total. The van der Waals surface area contributed by atoms with Crippen molar-refractivity contribution in [2.45, 2.75) is 6.04 Å². The Morgan fingerprint density at radius 2 is 2.10 bits per heavy atom. The second-order valence-electron chi connectivity index (χ2n) is 4.15. The Bertz CT molecular complexity index is 670. The molecule has 1 aromatic heterocycles. The number of benzene rings is 1. The molecule has 2 N–H and O–H groups in total. The highest BCUT2D eigenvalue weighted by Crippen LogP contribution is 2.18. The van der Waals surface area contributed by atoms with E-state index in [9.17, 15) is 18.7 Å². The number of nitriles is 1. The molecule has 0 aliphatic rings. The number of aliphatic hydroxyl groups is 1. The maximum atomic E-state index is 13.7. The van der Waals surface area contributed by atoms with Gasteiger partial charge in [0.2, 0.25) is 0 Å². The van der Waals surface area contributed by atoms with E-state index >= 15 is 0 Å². The van der Waals surface area contributed by atoms with Crippen molar-refractivity contribution < 1.29 is 23.1 Å². The van der Waals surface area contributed by atoms with Crippen molar-refractivity contribution in [2.75, 3.05) is 6.61 Å². The molecule has 1 aromatic carbocycles. The molecule has 0 spiro atoms. The van der Waals surface area contributed by atoms with Gasteiger partial charge in [-0.1, -0.05) is 0 Å². The molecule has 0 saturated carbocycles. The smallest absolute Gasteiger partial charge is 0.257 e. The van der Waals surface area contributed by atoms with Crippen LogP contribution in [0.1, 0.15) is 27.7 Å². The van der Waals surface area contributed by atoms with E-state index in [2.05, 4.69) is 5.32 Å². The molecule has 1 atom stereocenters. The molecule has 0 bridgehead atoms. The molecule has 21 heavy (non-hydrogen) atoms. The second kappa shape index (κ2) is 6.15. The largest absolute Gasteiger partial charge is 0.467 e. The number of rotatable bonds is 4. The number of nitrogens with one attached hydrogen (secondary N) is 1. The van der Waals surface area contributed by atoms with Gasteiger partial charge in [-0.25, -0.2) is 8.78 Å². The van der Waals surface area contributed by atoms with Gasteiger partial charge < -0.3 is 14.8 Å². The number of carbonyl (C=O) groups excluding carboxylic acids is 1. The topological polar surface area (TPSA) is 86.3 Å². The first-order valence-corrected chi connectivity index (χ1v) is 5.91. The molecule has 1 amide bonds. The summed E-state index contributed by atoms with van der Waals surface area (Å²) in [5, 5.41) is 20.1. The van der Waals surface area contributed by atoms with Crippen LogP contribution in [0.15, 0.2) is 34.9 Å². The van der Waals surface area contributed by atoms with Crippen LogP contribution in [0.5, 0.6) is 0 Å². The van der Waals surface area contributed by atoms with Gasteiger partial charge in [-0.15, -0.1) is 0 Å². The number of aliphatic hydroxyl groups excluding tert-OH is 1. The highest BCUT2D eigenvalue weighted by Gasteiger charge is 2.23. The number of amides is 1. The van der Waals surface area contributed by atoms with Crippen LogP contribution in [0.3, 0.4) is 0 Å². The van der Waals surface area contributed by atoms with Gasteiger partial charge in [0.25, 0.3) is 5.91 Å². The minimum Gasteiger partial charge on any atom is -0.467 e. The zero-order chi connectivity index (χ0) is 15.4. The fraction of sp³-hybridized carbons (Fsp3) is 0.143. The van der Waals surface area contributed by atoms with Gasteiger partial charge in [-0.05, 0) is 24.3 Å². The van der Waals surface area contributed by atoms with E-state index in [1.54, 1.807) is 12.1 Å². The number of hydrogen-bond donors (Lipinski definition) is 2. The lowest BCUT2D eigenvalue weighted by Crippen LogP contribution is -2.31. The van der Waals surface area contributed by atoms with Gasteiger partial charge in [0.1, 0.15) is 29.0 Å². The number of hydrogen-bond acceptors (Lipinski definition) is 4. The van der Waals surface area contributed by atoms with Crippen LogP contribution in [0, 0.1) is 23.0 Å². The Morgan fingerprint density at radius 3 is 2.57 bits per heavy atom. The summed E-state index contributed by atoms with van der Waals surface area (Å²) in [5.41, 5.74) is -1.05. The first-order valence-electron chi connectivity index (χ1n) is 5.91. The van der Waals surface area contributed by atoms with Crippen molar-refractivity contribution >= 4 is 5.91 Å². The molecule has 0 saturated heterocycles. The van der Waals surface area contributed by atoms with Gasteiger partial charge >= 0.3 is 0 Å². The van der Waals surface area contributed by atoms with Gasteiger partial charge in [-0.3, -0.25) is 4.79 Å². The third-order valence-corrected chi connectivity index (χ3v) is 2.77. The van der Waals surface area contributed by atoms with Crippen molar-refractivity contribution in [1.82, 2.24) is 5.32 Å². The molecule has 2 rings (SSSR count). The van der Waals surface area contributed by atoms with Crippen LogP contribution in [0.25, 0.3) is 0 Å². The average Bonchev–Trinajstić information content (AvgIpc) is 2.97. The number of carbonyl (C=O) groups is 1. The summed E-state index contributed by atoms with van der Waals surface area (Å²) < 4.78 is 32.4. The quantitative estimate of drug-likeness (QED) is 0.901. The Morgan fingerprint density at radius 1 is 1.43 bits per heavy atom. The Labute approximate surface area is 118 Å². The predicted octanol–water partition coefficient (Wildman–Crippen LogP) is 1.89. The van der Waals surface area contributed by atoms with Crippen molar-refractivity contribution in [2.24, 2.45) is 0 Å². The third kappa shape index (κ3) is 3.07. The average molecular weight is 292 g/mol. The summed E-state index contributed by atoms with van der Waals surface area (Å²) in [6, 6.07) is 5.23. The Kier molecular flexibility index (Phi) is 4.30. The van der Waals surface area contributed by atoms with E-state index in [1.807, 2.05) is 0 Å². The van der Waals surface area contributed by atoms with Crippen molar-refractivity contribution in [3.8, 4) is 6.07 Å². The van der Waals surface area contributed by atoms with Crippen LogP contribution >= 0.6 is 0 Å². The van der Waals surface area contributed by atoms with Gasteiger partial charge in [0, 0.05) is 0 Å². The van der Waals surface area contributed by atoms with Crippen LogP contribution in [0.2, 0.25) is 0 Å². The summed E-state index contributed by atoms with van der Waals surface area (Å²) in [4.78, 5) is 11.9. The van der Waals surface area contributed by atoms with E-state index in [-0.39, 0.29) is 11.3 Å². The summed E-state index contributed by atoms with van der Waals surface area (Å²) >= 11 is 0. The molecule has 0 radical (unpaired) electrons. The number of furan rings is 1. The highest BCUT2D eigenvalue weighted by molar-refractivity contribution is 5.95. The Balaban J connectivity index is 2.27. The summed E-state index contributed by atoms with van der Waals surface area (Å²) in [6.07, 6.45) is 1.34. The second-order valence-corrected chi connectivity index (χ2v) is 4.15. The molecular weight excluding hydrogens is 282 g/mol. The van der Waals surface area contributed by atoms with Crippen molar-refractivity contribution in [1.29, 1.82) is 5.26 Å². The first kappa shape index (κ1) is 14.7. The highest BCUT2D eigenvalue weighted by atomic mass is 19.1. The normalized spacial score (nSPS) is 11.7. The summed E-state index contributed by atoms with van der Waals surface area (Å²) in [5.74, 6) is -3.11. The minimum atomic E-state index is -1.15. The van der Waals surface area contributed by atoms with Gasteiger partial charge in [-0.2, -0.15) is 5.26 Å². The molecular formula is C14H10F2N2O3. The molecule has 2 aromatic rings. The van der Waals surface area contributed by atoms with Gasteiger partial charge in [0.05, 0.1) is 24.5 Å². The molecule has 1 unspecified atom stereocenters. The molecule has 0 aliphatic heterocycles. The van der Waals surface area contributed by atoms with E-state index in [0.717, 1.165) is 12.1 Å². The van der Waals surface area contributed by atoms with Crippen LogP contribution in [-0.4, -0.2) is 17.6 Å². The summed E-state index contributed by atoms with van der Waals surface area (Å²) in [7, 11) is 0. The van der Waals surface area contributed by atoms with Gasteiger partial charge in [0.15, 0.2) is 0 Å². The predicted molar refractivity (Wildman–Crippen MR) is 67.1 cm³/mol. The number of halogens is 2. The zero-order valence-corrected chi connectivity index (χ0v) is 10.6. The molecule has 7 heteroatoms. The standard InChI is InChI=1S/C14H10F2N2O3/c15-9-4-8(6-17)5-10(16)13(9)14(20)18-11(7-19)12-2-1-3-21-12/h1-5,11,19H,7H2,(H,18,20). The SMILES string of the molecule is N#Cc1cc(F)c(C(=O)NC(CO)c2ccco2)c(F)c1. The van der Waals surface area contributed by atoms with Crippen LogP contribution in [-0.2, 0) is 0 Å². The molecule has 108 valence electrons. The summed E-state index contributed by atoms with van der Waals surface area (Å²) in [6.45, 7) is -0.501. The zero-order valence-electron chi connectivity index (χ0n) is 10.6. The maximum Gasteiger partial charge on any atom is 0.257 e.